The quantitative estimate of drug-likeness (QED) is 0.630. The number of hydrogen-bond donors (Lipinski definition) is 1. The highest BCUT2D eigenvalue weighted by Crippen LogP contribution is 2.20. The fourth-order valence-electron chi connectivity index (χ4n) is 2.56. The number of hydrogen-bond acceptors (Lipinski definition) is 4. The van der Waals surface area contributed by atoms with Crippen molar-refractivity contribution in [2.24, 2.45) is 0 Å². The molecular formula is C18H13N5O. The van der Waals surface area contributed by atoms with Crippen LogP contribution in [-0.2, 0) is 0 Å². The number of carbonyl (C=O) groups excluding carboxylic acids is 1. The molecule has 4 rings (SSSR count). The van der Waals surface area contributed by atoms with Gasteiger partial charge in [0.05, 0.1) is 11.2 Å². The molecule has 4 aromatic rings. The minimum Gasteiger partial charge on any atom is -0.319 e. The first-order chi connectivity index (χ1) is 11.8. The van der Waals surface area contributed by atoms with Gasteiger partial charge in [-0.05, 0) is 36.4 Å². The van der Waals surface area contributed by atoms with Gasteiger partial charge < -0.3 is 5.32 Å². The average molecular weight is 315 g/mol. The Hall–Kier alpha value is -3.54. The van der Waals surface area contributed by atoms with Gasteiger partial charge in [0, 0.05) is 35.7 Å². The van der Waals surface area contributed by atoms with Crippen molar-refractivity contribution >= 4 is 22.5 Å². The first-order valence-corrected chi connectivity index (χ1v) is 7.43. The van der Waals surface area contributed by atoms with Gasteiger partial charge >= 0.3 is 0 Å². The maximum absolute atomic E-state index is 12.8. The molecule has 0 aliphatic rings. The lowest BCUT2D eigenvalue weighted by Crippen LogP contribution is -2.15. The maximum atomic E-state index is 12.8. The summed E-state index contributed by atoms with van der Waals surface area (Å²) in [6.45, 7) is 0. The third-order valence-electron chi connectivity index (χ3n) is 3.65. The van der Waals surface area contributed by atoms with Gasteiger partial charge in [0.15, 0.2) is 5.82 Å². The molecule has 0 fully saturated rings. The van der Waals surface area contributed by atoms with E-state index in [-0.39, 0.29) is 5.91 Å². The van der Waals surface area contributed by atoms with E-state index in [9.17, 15) is 4.79 Å². The van der Waals surface area contributed by atoms with E-state index in [0.29, 0.717) is 17.1 Å². The highest BCUT2D eigenvalue weighted by atomic mass is 16.1. The predicted octanol–water partition coefficient (Wildman–Crippen LogP) is 3.07. The van der Waals surface area contributed by atoms with Crippen LogP contribution in [0.3, 0.4) is 0 Å². The van der Waals surface area contributed by atoms with Crippen molar-refractivity contribution in [3.8, 4) is 5.82 Å². The van der Waals surface area contributed by atoms with Crippen molar-refractivity contribution in [2.75, 3.05) is 5.32 Å². The molecule has 0 saturated heterocycles. The summed E-state index contributed by atoms with van der Waals surface area (Å²) in [5.74, 6) is 0.351. The highest BCUT2D eigenvalue weighted by Gasteiger charge is 2.13. The standard InChI is InChI=1S/C18H13N5O/c24-18(14-5-1-7-15-13(14)6-2-9-19-15)22-16-8-3-10-20-17(16)23-12-4-11-21-23/h1-12H,(H,22,24). The molecule has 0 bridgehead atoms. The van der Waals surface area contributed by atoms with E-state index < -0.39 is 0 Å². The van der Waals surface area contributed by atoms with Crippen molar-refractivity contribution in [3.05, 3.63) is 78.9 Å². The zero-order valence-electron chi connectivity index (χ0n) is 12.6. The Morgan fingerprint density at radius 1 is 0.917 bits per heavy atom. The molecule has 0 atom stereocenters. The fourth-order valence-corrected chi connectivity index (χ4v) is 2.56. The zero-order valence-corrected chi connectivity index (χ0v) is 12.6. The number of carbonyl (C=O) groups is 1. The molecule has 3 heterocycles. The first-order valence-electron chi connectivity index (χ1n) is 7.43. The number of nitrogens with zero attached hydrogens (tertiary/aromatic N) is 4. The van der Waals surface area contributed by atoms with E-state index in [0.717, 1.165) is 10.9 Å². The second-order valence-corrected chi connectivity index (χ2v) is 5.15. The topological polar surface area (TPSA) is 72.7 Å². The first kappa shape index (κ1) is 14.1. The molecule has 1 amide bonds. The maximum Gasteiger partial charge on any atom is 0.256 e. The Kier molecular flexibility index (Phi) is 3.47. The monoisotopic (exact) mass is 315 g/mol. The Morgan fingerprint density at radius 2 is 1.79 bits per heavy atom. The number of pyridine rings is 2. The SMILES string of the molecule is O=C(Nc1cccnc1-n1cccn1)c1cccc2ncccc12. The van der Waals surface area contributed by atoms with Crippen LogP contribution in [0.1, 0.15) is 10.4 Å². The van der Waals surface area contributed by atoms with Gasteiger partial charge in [-0.15, -0.1) is 0 Å². The van der Waals surface area contributed by atoms with Gasteiger partial charge in [0.1, 0.15) is 0 Å². The molecule has 24 heavy (non-hydrogen) atoms. The summed E-state index contributed by atoms with van der Waals surface area (Å²) in [6.07, 6.45) is 6.81. The van der Waals surface area contributed by atoms with Crippen LogP contribution in [0.2, 0.25) is 0 Å². The predicted molar refractivity (Wildman–Crippen MR) is 91.1 cm³/mol. The van der Waals surface area contributed by atoms with E-state index in [1.54, 1.807) is 53.7 Å². The van der Waals surface area contributed by atoms with E-state index in [1.165, 1.54) is 0 Å². The van der Waals surface area contributed by atoms with Crippen LogP contribution in [0.4, 0.5) is 5.69 Å². The van der Waals surface area contributed by atoms with Crippen molar-refractivity contribution < 1.29 is 4.79 Å². The number of anilines is 1. The van der Waals surface area contributed by atoms with Crippen LogP contribution in [0.15, 0.2) is 73.3 Å². The molecule has 0 aliphatic heterocycles. The van der Waals surface area contributed by atoms with Gasteiger partial charge in [-0.2, -0.15) is 5.10 Å². The zero-order chi connectivity index (χ0) is 16.4. The summed E-state index contributed by atoms with van der Waals surface area (Å²) in [4.78, 5) is 21.3. The van der Waals surface area contributed by atoms with Crippen molar-refractivity contribution in [3.63, 3.8) is 0 Å². The minimum absolute atomic E-state index is 0.213. The summed E-state index contributed by atoms with van der Waals surface area (Å²) in [7, 11) is 0. The second kappa shape index (κ2) is 5.92. The largest absolute Gasteiger partial charge is 0.319 e. The van der Waals surface area contributed by atoms with Crippen molar-refractivity contribution in [2.45, 2.75) is 0 Å². The number of fused-ring (bicyclic) bond motifs is 1. The molecular weight excluding hydrogens is 302 g/mol. The number of rotatable bonds is 3. The minimum atomic E-state index is -0.213. The summed E-state index contributed by atoms with van der Waals surface area (Å²) >= 11 is 0. The highest BCUT2D eigenvalue weighted by molar-refractivity contribution is 6.12. The third-order valence-corrected chi connectivity index (χ3v) is 3.65. The molecule has 1 N–H and O–H groups in total. The lowest BCUT2D eigenvalue weighted by atomic mass is 10.1. The number of nitrogens with one attached hydrogen (secondary N) is 1. The molecule has 0 spiro atoms. The van der Waals surface area contributed by atoms with E-state index in [2.05, 4.69) is 20.4 Å². The van der Waals surface area contributed by atoms with Crippen molar-refractivity contribution in [1.29, 1.82) is 0 Å². The average Bonchev–Trinajstić information content (AvgIpc) is 3.16. The van der Waals surface area contributed by atoms with Crippen LogP contribution in [-0.4, -0.2) is 25.7 Å². The normalized spacial score (nSPS) is 10.7. The molecule has 6 heteroatoms. The molecule has 0 saturated carbocycles. The van der Waals surface area contributed by atoms with Gasteiger partial charge in [0.25, 0.3) is 5.91 Å². The molecule has 116 valence electrons. The van der Waals surface area contributed by atoms with Gasteiger partial charge in [-0.25, -0.2) is 9.67 Å². The molecule has 1 aromatic carbocycles. The lowest BCUT2D eigenvalue weighted by Gasteiger charge is -2.11. The Bertz CT molecular complexity index is 1010. The Morgan fingerprint density at radius 3 is 2.67 bits per heavy atom. The third kappa shape index (κ3) is 2.50. The van der Waals surface area contributed by atoms with E-state index in [4.69, 9.17) is 0 Å². The van der Waals surface area contributed by atoms with E-state index in [1.807, 2.05) is 24.3 Å². The molecule has 6 nitrogen and oxygen atoms in total. The second-order valence-electron chi connectivity index (χ2n) is 5.15. The Balaban J connectivity index is 1.73. The number of amides is 1. The van der Waals surface area contributed by atoms with Gasteiger partial charge in [-0.1, -0.05) is 12.1 Å². The molecule has 0 unspecified atom stereocenters. The number of benzene rings is 1. The Labute approximate surface area is 137 Å². The van der Waals surface area contributed by atoms with Gasteiger partial charge in [0.2, 0.25) is 0 Å². The van der Waals surface area contributed by atoms with Crippen LogP contribution >= 0.6 is 0 Å². The van der Waals surface area contributed by atoms with Crippen LogP contribution in [0.25, 0.3) is 16.7 Å². The van der Waals surface area contributed by atoms with Crippen molar-refractivity contribution in [1.82, 2.24) is 19.7 Å². The van der Waals surface area contributed by atoms with Crippen LogP contribution in [0.5, 0.6) is 0 Å². The van der Waals surface area contributed by atoms with Crippen LogP contribution in [0, 0.1) is 0 Å². The fraction of sp³-hybridized carbons (Fsp3) is 0. The molecule has 3 aromatic heterocycles. The van der Waals surface area contributed by atoms with E-state index >= 15 is 0 Å². The summed E-state index contributed by atoms with van der Waals surface area (Å²) in [6, 6.07) is 14.6. The molecule has 0 aliphatic carbocycles. The summed E-state index contributed by atoms with van der Waals surface area (Å²) in [5.41, 5.74) is 1.94. The lowest BCUT2D eigenvalue weighted by molar-refractivity contribution is 0.102. The number of aromatic nitrogens is 4. The van der Waals surface area contributed by atoms with Crippen LogP contribution < -0.4 is 5.32 Å². The molecule has 0 radical (unpaired) electrons. The van der Waals surface area contributed by atoms with Gasteiger partial charge in [-0.3, -0.25) is 9.78 Å². The summed E-state index contributed by atoms with van der Waals surface area (Å²) < 4.78 is 1.61. The smallest absolute Gasteiger partial charge is 0.256 e. The summed E-state index contributed by atoms with van der Waals surface area (Å²) in [5, 5.41) is 7.89.